The number of benzene rings is 1. The fourth-order valence-corrected chi connectivity index (χ4v) is 3.32. The molecule has 2 N–H and O–H groups in total. The Labute approximate surface area is 97.0 Å². The van der Waals surface area contributed by atoms with Gasteiger partial charge in [0.25, 0.3) is 0 Å². The minimum absolute atomic E-state index is 0.159. The summed E-state index contributed by atoms with van der Waals surface area (Å²) in [4.78, 5) is 12.0. The molecule has 2 nitrogen and oxygen atoms in total. The van der Waals surface area contributed by atoms with Gasteiger partial charge in [0.05, 0.1) is 5.41 Å². The largest absolute Gasteiger partial charge is 0.398 e. The molecule has 1 aromatic carbocycles. The van der Waals surface area contributed by atoms with Gasteiger partial charge in [-0.2, -0.15) is 0 Å². The van der Waals surface area contributed by atoms with Gasteiger partial charge in [0.15, 0.2) is 0 Å². The third-order valence-corrected chi connectivity index (χ3v) is 4.30. The number of rotatable bonds is 0. The lowest BCUT2D eigenvalue weighted by Gasteiger charge is -2.37. The molecule has 1 fully saturated rings. The second kappa shape index (κ2) is 2.85. The van der Waals surface area contributed by atoms with E-state index in [9.17, 15) is 4.79 Å². The monoisotopic (exact) mass is 265 g/mol. The Morgan fingerprint density at radius 1 is 1.33 bits per heavy atom. The molecule has 0 radical (unpaired) electrons. The maximum absolute atomic E-state index is 12.0. The Morgan fingerprint density at radius 2 is 2.07 bits per heavy atom. The first-order chi connectivity index (χ1) is 7.13. The molecule has 0 aromatic heterocycles. The highest BCUT2D eigenvalue weighted by Crippen LogP contribution is 2.52. The summed E-state index contributed by atoms with van der Waals surface area (Å²) < 4.78 is 0.986. The van der Waals surface area contributed by atoms with Gasteiger partial charge >= 0.3 is 0 Å². The lowest BCUT2D eigenvalue weighted by Crippen LogP contribution is -2.39. The Kier molecular flexibility index (Phi) is 1.78. The Morgan fingerprint density at radius 3 is 2.67 bits per heavy atom. The maximum atomic E-state index is 12.0. The van der Waals surface area contributed by atoms with Crippen LogP contribution in [0.4, 0.5) is 5.69 Å². The average molecular weight is 266 g/mol. The van der Waals surface area contributed by atoms with Crippen LogP contribution in [0.3, 0.4) is 0 Å². The molecule has 1 spiro atoms. The third kappa shape index (κ3) is 1.07. The number of hydrogen-bond acceptors (Lipinski definition) is 2. The van der Waals surface area contributed by atoms with Crippen molar-refractivity contribution in [2.75, 3.05) is 5.73 Å². The summed E-state index contributed by atoms with van der Waals surface area (Å²) >= 11 is 3.45. The third-order valence-electron chi connectivity index (χ3n) is 3.84. The molecular weight excluding hydrogens is 254 g/mol. The lowest BCUT2D eigenvalue weighted by molar-refractivity contribution is -0.125. The quantitative estimate of drug-likeness (QED) is 0.733. The molecule has 1 aromatic rings. The molecule has 0 aliphatic heterocycles. The molecule has 0 bridgehead atoms. The lowest BCUT2D eigenvalue weighted by atomic mass is 9.64. The minimum atomic E-state index is -0.159. The highest BCUT2D eigenvalue weighted by Gasteiger charge is 2.50. The Hall–Kier alpha value is -0.830. The number of halogens is 1. The second-order valence-corrected chi connectivity index (χ2v) is 5.47. The average Bonchev–Trinajstić information content (AvgIpc) is 2.37. The van der Waals surface area contributed by atoms with Crippen LogP contribution in [0.5, 0.6) is 0 Å². The van der Waals surface area contributed by atoms with E-state index in [1.807, 2.05) is 6.07 Å². The Bertz CT molecular complexity index is 463. The molecule has 0 saturated heterocycles. The van der Waals surface area contributed by atoms with Gasteiger partial charge in [0.2, 0.25) is 0 Å². The van der Waals surface area contributed by atoms with E-state index >= 15 is 0 Å². The van der Waals surface area contributed by atoms with E-state index in [1.54, 1.807) is 0 Å². The highest BCUT2D eigenvalue weighted by atomic mass is 79.9. The van der Waals surface area contributed by atoms with Crippen molar-refractivity contribution in [1.82, 2.24) is 0 Å². The minimum Gasteiger partial charge on any atom is -0.398 e. The molecule has 0 atom stereocenters. The molecule has 0 unspecified atom stereocenters. The topological polar surface area (TPSA) is 43.1 Å². The zero-order valence-electron chi connectivity index (χ0n) is 8.35. The molecule has 0 amide bonds. The number of anilines is 1. The SMILES string of the molecule is Nc1cc(Br)cc2c1CC(=O)C21CCC1. The van der Waals surface area contributed by atoms with Gasteiger partial charge < -0.3 is 5.73 Å². The summed E-state index contributed by atoms with van der Waals surface area (Å²) in [5, 5.41) is 0. The van der Waals surface area contributed by atoms with Crippen LogP contribution in [-0.2, 0) is 16.6 Å². The van der Waals surface area contributed by atoms with Gasteiger partial charge in [-0.1, -0.05) is 22.4 Å². The number of nitrogen functional groups attached to an aromatic ring is 1. The highest BCUT2D eigenvalue weighted by molar-refractivity contribution is 9.10. The number of carbonyl (C=O) groups is 1. The fourth-order valence-electron chi connectivity index (χ4n) is 2.84. The van der Waals surface area contributed by atoms with E-state index in [-0.39, 0.29) is 5.41 Å². The van der Waals surface area contributed by atoms with Crippen molar-refractivity contribution >= 4 is 27.4 Å². The maximum Gasteiger partial charge on any atom is 0.147 e. The van der Waals surface area contributed by atoms with E-state index in [4.69, 9.17) is 5.73 Å². The predicted octanol–water partition coefficient (Wildman–Crippen LogP) is 2.58. The summed E-state index contributed by atoms with van der Waals surface area (Å²) in [5.74, 6) is 0.369. The molecule has 2 aliphatic rings. The van der Waals surface area contributed by atoms with Crippen LogP contribution in [0.2, 0.25) is 0 Å². The number of ketones is 1. The molecular formula is C12H12BrNO. The molecule has 2 aliphatic carbocycles. The zero-order chi connectivity index (χ0) is 10.6. The number of hydrogen-bond donors (Lipinski definition) is 1. The van der Waals surface area contributed by atoms with Crippen molar-refractivity contribution < 1.29 is 4.79 Å². The van der Waals surface area contributed by atoms with Crippen molar-refractivity contribution in [2.45, 2.75) is 31.1 Å². The number of carbonyl (C=O) groups excluding carboxylic acids is 1. The second-order valence-electron chi connectivity index (χ2n) is 4.56. The van der Waals surface area contributed by atoms with E-state index < -0.39 is 0 Å². The normalized spacial score (nSPS) is 21.5. The van der Waals surface area contributed by atoms with Gasteiger partial charge in [-0.25, -0.2) is 0 Å². The van der Waals surface area contributed by atoms with E-state index in [2.05, 4.69) is 22.0 Å². The van der Waals surface area contributed by atoms with Gasteiger partial charge in [-0.3, -0.25) is 4.79 Å². The molecule has 3 heteroatoms. The Balaban J connectivity index is 2.24. The predicted molar refractivity (Wildman–Crippen MR) is 62.8 cm³/mol. The van der Waals surface area contributed by atoms with Crippen molar-refractivity contribution in [1.29, 1.82) is 0 Å². The summed E-state index contributed by atoms with van der Waals surface area (Å²) in [6, 6.07) is 3.97. The van der Waals surface area contributed by atoms with Crippen molar-refractivity contribution in [3.63, 3.8) is 0 Å². The first-order valence-corrected chi connectivity index (χ1v) is 6.04. The van der Waals surface area contributed by atoms with Gasteiger partial charge in [0, 0.05) is 16.6 Å². The van der Waals surface area contributed by atoms with Crippen LogP contribution < -0.4 is 5.73 Å². The van der Waals surface area contributed by atoms with Crippen molar-refractivity contribution in [3.05, 3.63) is 27.7 Å². The summed E-state index contributed by atoms with van der Waals surface area (Å²) in [6.45, 7) is 0. The fraction of sp³-hybridized carbons (Fsp3) is 0.417. The van der Waals surface area contributed by atoms with Crippen LogP contribution >= 0.6 is 15.9 Å². The van der Waals surface area contributed by atoms with Crippen LogP contribution in [0, 0.1) is 0 Å². The van der Waals surface area contributed by atoms with Gasteiger partial charge in [-0.05, 0) is 36.1 Å². The van der Waals surface area contributed by atoms with Gasteiger partial charge in [-0.15, -0.1) is 0 Å². The van der Waals surface area contributed by atoms with Crippen LogP contribution in [0.25, 0.3) is 0 Å². The standard InChI is InChI=1S/C12H12BrNO/c13-7-4-9-8(10(14)5-7)6-11(15)12(9)2-1-3-12/h4-5H,1-3,6,14H2. The van der Waals surface area contributed by atoms with E-state index in [0.717, 1.165) is 35.0 Å². The molecule has 78 valence electrons. The van der Waals surface area contributed by atoms with Crippen molar-refractivity contribution in [3.8, 4) is 0 Å². The number of nitrogens with two attached hydrogens (primary N) is 1. The molecule has 1 saturated carbocycles. The molecule has 15 heavy (non-hydrogen) atoms. The van der Waals surface area contributed by atoms with Crippen molar-refractivity contribution in [2.24, 2.45) is 0 Å². The summed E-state index contributed by atoms with van der Waals surface area (Å²) in [6.07, 6.45) is 3.72. The smallest absolute Gasteiger partial charge is 0.147 e. The van der Waals surface area contributed by atoms with Gasteiger partial charge in [0.1, 0.15) is 5.78 Å². The van der Waals surface area contributed by atoms with E-state index in [1.165, 1.54) is 5.56 Å². The first-order valence-electron chi connectivity index (χ1n) is 5.25. The first kappa shape index (κ1) is 9.40. The summed E-state index contributed by atoms with van der Waals surface area (Å²) in [5.41, 5.74) is 8.81. The zero-order valence-corrected chi connectivity index (χ0v) is 9.93. The van der Waals surface area contributed by atoms with Crippen LogP contribution in [0.1, 0.15) is 30.4 Å². The van der Waals surface area contributed by atoms with Crippen LogP contribution in [-0.4, -0.2) is 5.78 Å². The molecule has 0 heterocycles. The number of fused-ring (bicyclic) bond motifs is 2. The number of Topliss-reactive ketones (excluding diaryl/α,β-unsaturated/α-hetero) is 1. The molecule has 3 rings (SSSR count). The van der Waals surface area contributed by atoms with Crippen LogP contribution in [0.15, 0.2) is 16.6 Å². The van der Waals surface area contributed by atoms with E-state index in [0.29, 0.717) is 12.2 Å². The summed E-state index contributed by atoms with van der Waals surface area (Å²) in [7, 11) is 0.